The lowest BCUT2D eigenvalue weighted by Gasteiger charge is -2.30. The first-order chi connectivity index (χ1) is 33.9. The van der Waals surface area contributed by atoms with Crippen LogP contribution >= 0.6 is 45.3 Å². The number of thiazole rings is 2. The number of fused-ring (bicyclic) bond motifs is 4. The summed E-state index contributed by atoms with van der Waals surface area (Å²) in [5.74, 6) is -1.08. The molecule has 14 nitrogen and oxygen atoms in total. The Hall–Kier alpha value is -5.38. The van der Waals surface area contributed by atoms with Crippen LogP contribution < -0.4 is 21.7 Å². The zero-order valence-electron chi connectivity index (χ0n) is 42.7. The summed E-state index contributed by atoms with van der Waals surface area (Å²) in [6, 6.07) is 9.84. The molecule has 2 atom stereocenters. The third-order valence-electron chi connectivity index (χ3n) is 11.3. The highest BCUT2D eigenvalue weighted by Crippen LogP contribution is 2.47. The molecule has 5 N–H and O–H groups in total. The van der Waals surface area contributed by atoms with Gasteiger partial charge in [-0.05, 0) is 123 Å². The van der Waals surface area contributed by atoms with Gasteiger partial charge in [0, 0.05) is 71.2 Å². The molecule has 4 amide bonds. The Bertz CT molecular complexity index is 2910. The van der Waals surface area contributed by atoms with Gasteiger partial charge in [-0.2, -0.15) is 0 Å². The van der Waals surface area contributed by atoms with Crippen LogP contribution in [0, 0.1) is 11.6 Å². The first kappa shape index (κ1) is 55.9. The van der Waals surface area contributed by atoms with Gasteiger partial charge < -0.3 is 41.0 Å². The Kier molecular flexibility index (Phi) is 18.7. The predicted molar refractivity (Wildman–Crippen MR) is 290 cm³/mol. The van der Waals surface area contributed by atoms with Crippen molar-refractivity contribution >= 4 is 99.8 Å². The van der Waals surface area contributed by atoms with Gasteiger partial charge in [-0.15, -0.1) is 45.3 Å². The van der Waals surface area contributed by atoms with Gasteiger partial charge in [0.25, 0.3) is 0 Å². The molecule has 2 aliphatic rings. The molecule has 2 aromatic carbocycles. The number of rotatable bonds is 11. The Balaban J connectivity index is 0.000000217. The predicted octanol–water partition coefficient (Wildman–Crippen LogP) is 12.5. The molecule has 0 bridgehead atoms. The van der Waals surface area contributed by atoms with Crippen molar-refractivity contribution in [3.8, 4) is 21.1 Å². The van der Waals surface area contributed by atoms with E-state index >= 15 is 0 Å². The number of halogens is 2. The van der Waals surface area contributed by atoms with Crippen molar-refractivity contribution in [1.82, 2.24) is 25.1 Å². The largest absolute Gasteiger partial charge is 0.444 e. The van der Waals surface area contributed by atoms with E-state index in [-0.39, 0.29) is 35.6 Å². The second-order valence-corrected chi connectivity index (χ2v) is 23.9. The van der Waals surface area contributed by atoms with Crippen LogP contribution in [-0.4, -0.2) is 86.7 Å². The zero-order valence-corrected chi connectivity index (χ0v) is 45.9. The lowest BCUT2D eigenvalue weighted by Crippen LogP contribution is -2.39. The van der Waals surface area contributed by atoms with Crippen LogP contribution in [0.25, 0.3) is 41.6 Å². The summed E-state index contributed by atoms with van der Waals surface area (Å²) >= 11 is 5.81. The number of ether oxygens (including phenoxy) is 2. The summed E-state index contributed by atoms with van der Waals surface area (Å²) in [4.78, 5) is 64.8. The first-order valence-electron chi connectivity index (χ1n) is 24.1. The molecule has 0 spiro atoms. The van der Waals surface area contributed by atoms with Gasteiger partial charge in [-0.1, -0.05) is 20.4 Å². The van der Waals surface area contributed by atoms with E-state index in [0.29, 0.717) is 85.1 Å². The molecule has 6 aromatic rings. The maximum absolute atomic E-state index is 13.8. The SMILES string of the molecule is C=CC(=O)Nc1sc2c(c1-c1nc3cc(F)ccc3s1)CCN(C(=O)OC(C)(C)C)C2.CC[C@@H](C)N.CC[C@@H](C)NCCC(=O)Nc1sc2c(c1-c1nc3cc(F)ccc3s1)CCN(C(=O)OC(C)(C)C)C2. The van der Waals surface area contributed by atoms with Gasteiger partial charge in [0.15, 0.2) is 0 Å². The second kappa shape index (κ2) is 24.1. The van der Waals surface area contributed by atoms with Crippen LogP contribution in [0.1, 0.15) is 109 Å². The number of anilines is 2. The van der Waals surface area contributed by atoms with Crippen LogP contribution in [0.5, 0.6) is 0 Å². The standard InChI is InChI=1S/C26H33FN4O3S2.C22H22FN3O3S2.C4H11N/c1-6-15(2)28-11-9-21(32)30-24-22(23-29-18-13-16(27)7-8-19(18)35-23)17-10-12-31(14-20(17)36-24)25(33)34-26(3,4)5;1-5-17(27)25-20-18(19-24-14-10-12(23)6-7-15(14)30-19)13-8-9-26(11-16(13)31-20)21(28)29-22(2,3)4;1-3-4(2)5/h7-8,13,15,28H,6,9-12,14H2,1-5H3,(H,30,32);5-7,10H,1,8-9,11H2,2-4H3,(H,25,27);4H,3,5H2,1-2H3/t15-;;4-/m1.1/s1. The number of hydrogen-bond acceptors (Lipinski definition) is 14. The number of thiophene rings is 2. The van der Waals surface area contributed by atoms with E-state index in [2.05, 4.69) is 48.3 Å². The molecule has 72 heavy (non-hydrogen) atoms. The lowest BCUT2D eigenvalue weighted by atomic mass is 10.0. The zero-order chi connectivity index (χ0) is 52.7. The maximum atomic E-state index is 13.8. The maximum Gasteiger partial charge on any atom is 0.410 e. The van der Waals surface area contributed by atoms with Crippen LogP contribution in [0.2, 0.25) is 0 Å². The lowest BCUT2D eigenvalue weighted by molar-refractivity contribution is -0.116. The van der Waals surface area contributed by atoms with Crippen LogP contribution in [0.4, 0.5) is 28.4 Å². The van der Waals surface area contributed by atoms with E-state index in [1.165, 1.54) is 75.7 Å². The minimum absolute atomic E-state index is 0.0817. The molecule has 0 unspecified atom stereocenters. The van der Waals surface area contributed by atoms with Crippen molar-refractivity contribution in [3.63, 3.8) is 0 Å². The summed E-state index contributed by atoms with van der Waals surface area (Å²) < 4.78 is 40.3. The quantitative estimate of drug-likeness (QED) is 0.0912. The Morgan fingerprint density at radius 2 is 1.19 bits per heavy atom. The molecule has 0 saturated carbocycles. The van der Waals surface area contributed by atoms with Gasteiger partial charge in [0.2, 0.25) is 11.8 Å². The van der Waals surface area contributed by atoms with E-state index in [9.17, 15) is 28.0 Å². The van der Waals surface area contributed by atoms with Crippen molar-refractivity contribution < 1.29 is 37.4 Å². The third kappa shape index (κ3) is 14.9. The van der Waals surface area contributed by atoms with Crippen molar-refractivity contribution in [2.75, 3.05) is 30.3 Å². The van der Waals surface area contributed by atoms with Gasteiger partial charge >= 0.3 is 12.2 Å². The number of nitrogens with zero attached hydrogens (tertiary/aromatic N) is 4. The van der Waals surface area contributed by atoms with Crippen LogP contribution in [0.15, 0.2) is 49.1 Å². The Labute approximate surface area is 436 Å². The van der Waals surface area contributed by atoms with E-state index in [0.717, 1.165) is 64.3 Å². The summed E-state index contributed by atoms with van der Waals surface area (Å²) in [6.45, 7) is 25.3. The van der Waals surface area contributed by atoms with E-state index in [1.807, 2.05) is 48.5 Å². The molecule has 2 aliphatic heterocycles. The fraction of sp³-hybridized carbons (Fsp3) is 0.462. The fourth-order valence-corrected chi connectivity index (χ4v) is 12.1. The molecule has 8 rings (SSSR count). The molecule has 0 radical (unpaired) electrons. The molecule has 0 saturated heterocycles. The number of nitrogens with one attached hydrogen (secondary N) is 3. The molecule has 0 fully saturated rings. The number of amides is 4. The average molecular weight is 1070 g/mol. The van der Waals surface area contributed by atoms with Crippen LogP contribution in [-0.2, 0) is 45.0 Å². The summed E-state index contributed by atoms with van der Waals surface area (Å²) in [6.07, 6.45) is 4.16. The smallest absolute Gasteiger partial charge is 0.410 e. The number of carbonyl (C=O) groups is 4. The molecule has 20 heteroatoms. The number of carbonyl (C=O) groups excluding carboxylic acids is 4. The monoisotopic (exact) mass is 1060 g/mol. The van der Waals surface area contributed by atoms with E-state index in [4.69, 9.17) is 20.2 Å². The van der Waals surface area contributed by atoms with Crippen molar-refractivity contribution in [2.45, 2.75) is 138 Å². The van der Waals surface area contributed by atoms with Crippen molar-refractivity contribution in [2.24, 2.45) is 5.73 Å². The first-order valence-corrected chi connectivity index (χ1v) is 27.3. The molecule has 6 heterocycles. The average Bonchev–Trinajstić information content (AvgIpc) is 4.09. The summed E-state index contributed by atoms with van der Waals surface area (Å²) in [5, 5.41) is 12.1. The van der Waals surface area contributed by atoms with Crippen molar-refractivity contribution in [3.05, 3.63) is 81.6 Å². The van der Waals surface area contributed by atoms with Gasteiger partial charge in [0.1, 0.15) is 42.9 Å². The van der Waals surface area contributed by atoms with Gasteiger partial charge in [-0.3, -0.25) is 9.59 Å². The second-order valence-electron chi connectivity index (χ2n) is 19.6. The molecule has 0 aliphatic carbocycles. The summed E-state index contributed by atoms with van der Waals surface area (Å²) in [7, 11) is 0. The minimum atomic E-state index is -0.573. The summed E-state index contributed by atoms with van der Waals surface area (Å²) in [5.41, 5.74) is 9.15. The van der Waals surface area contributed by atoms with Gasteiger partial charge in [-0.25, -0.2) is 28.3 Å². The number of nitrogens with two attached hydrogens (primary N) is 1. The Morgan fingerprint density at radius 1 is 0.750 bits per heavy atom. The number of benzene rings is 2. The number of aromatic nitrogens is 2. The highest BCUT2D eigenvalue weighted by molar-refractivity contribution is 7.23. The molecular formula is C52H66F2N8O6S4. The highest BCUT2D eigenvalue weighted by atomic mass is 32.1. The Morgan fingerprint density at radius 3 is 1.60 bits per heavy atom. The molecule has 388 valence electrons. The fourth-order valence-electron chi connectivity index (χ4n) is 7.34. The topological polar surface area (TPSA) is 181 Å². The highest BCUT2D eigenvalue weighted by Gasteiger charge is 2.33. The van der Waals surface area contributed by atoms with Crippen LogP contribution in [0.3, 0.4) is 0 Å². The minimum Gasteiger partial charge on any atom is -0.444 e. The normalized spacial score (nSPS) is 14.2. The number of hydrogen-bond donors (Lipinski definition) is 4. The third-order valence-corrected chi connectivity index (χ3v) is 15.7. The van der Waals surface area contributed by atoms with Crippen molar-refractivity contribution in [1.29, 1.82) is 0 Å². The molecular weight excluding hydrogens is 999 g/mol. The van der Waals surface area contributed by atoms with E-state index in [1.54, 1.807) is 21.9 Å². The molecule has 4 aromatic heterocycles. The van der Waals surface area contributed by atoms with Gasteiger partial charge in [0.05, 0.1) is 33.5 Å². The van der Waals surface area contributed by atoms with E-state index < -0.39 is 11.2 Å².